The summed E-state index contributed by atoms with van der Waals surface area (Å²) < 4.78 is 15.3. The van der Waals surface area contributed by atoms with E-state index >= 15 is 0 Å². The van der Waals surface area contributed by atoms with Crippen molar-refractivity contribution in [2.24, 2.45) is 0 Å². The molecule has 30 heavy (non-hydrogen) atoms. The lowest BCUT2D eigenvalue weighted by molar-refractivity contribution is -0.149. The van der Waals surface area contributed by atoms with Gasteiger partial charge in [-0.2, -0.15) is 0 Å². The van der Waals surface area contributed by atoms with Gasteiger partial charge in [0.2, 0.25) is 0 Å². The molecule has 1 saturated heterocycles. The number of phenolic OH excluding ortho intramolecular Hbond substituents is 1. The average molecular weight is 413 g/mol. The third-order valence-electron chi connectivity index (χ3n) is 4.47. The van der Waals surface area contributed by atoms with Crippen LogP contribution in [0.15, 0.2) is 54.6 Å². The van der Waals surface area contributed by atoms with Crippen LogP contribution in [0.2, 0.25) is 0 Å². The van der Waals surface area contributed by atoms with Gasteiger partial charge in [-0.1, -0.05) is 42.5 Å². The first kappa shape index (κ1) is 21.3. The number of benzene rings is 2. The third-order valence-corrected chi connectivity index (χ3v) is 4.47. The summed E-state index contributed by atoms with van der Waals surface area (Å²) in [7, 11) is 0. The molecule has 0 spiro atoms. The summed E-state index contributed by atoms with van der Waals surface area (Å²) in [5.74, 6) is -1.73. The lowest BCUT2D eigenvalue weighted by atomic mass is 10.1. The Kier molecular flexibility index (Phi) is 7.03. The molecule has 0 aliphatic carbocycles. The molecule has 1 heterocycles. The molecule has 3 atom stereocenters. The topological polar surface area (TPSA) is 114 Å². The molecule has 2 aromatic carbocycles. The summed E-state index contributed by atoms with van der Waals surface area (Å²) in [6, 6.07) is 14.5. The van der Waals surface area contributed by atoms with Crippen molar-refractivity contribution in [2.45, 2.75) is 38.2 Å². The Bertz CT molecular complexity index is 882. The Morgan fingerprint density at radius 3 is 2.37 bits per heavy atom. The van der Waals surface area contributed by atoms with Gasteiger partial charge in [0.1, 0.15) is 18.4 Å². The third kappa shape index (κ3) is 5.81. The highest BCUT2D eigenvalue weighted by molar-refractivity contribution is 5.94. The van der Waals surface area contributed by atoms with Crippen molar-refractivity contribution >= 4 is 17.8 Å². The summed E-state index contributed by atoms with van der Waals surface area (Å²) in [6.45, 7) is 1.90. The van der Waals surface area contributed by atoms with Gasteiger partial charge in [-0.3, -0.25) is 4.79 Å². The van der Waals surface area contributed by atoms with Gasteiger partial charge in [-0.15, -0.1) is 0 Å². The Morgan fingerprint density at radius 1 is 1.00 bits per heavy atom. The SMILES string of the molecule is CCOC(=O)C1OC1C(=O)NC(Cc1ccc(O)cc1)C(=O)OCc1ccccc1. The van der Waals surface area contributed by atoms with Crippen molar-refractivity contribution in [3.05, 3.63) is 65.7 Å². The molecule has 1 amide bonds. The molecule has 1 aliphatic rings. The molecule has 2 aromatic rings. The number of nitrogens with one attached hydrogen (secondary N) is 1. The predicted molar refractivity (Wildman–Crippen MR) is 105 cm³/mol. The van der Waals surface area contributed by atoms with Crippen molar-refractivity contribution in [1.82, 2.24) is 5.32 Å². The van der Waals surface area contributed by atoms with Crippen molar-refractivity contribution in [3.63, 3.8) is 0 Å². The van der Waals surface area contributed by atoms with Crippen LogP contribution in [0.4, 0.5) is 0 Å². The number of hydrogen-bond donors (Lipinski definition) is 2. The zero-order valence-corrected chi connectivity index (χ0v) is 16.4. The Hall–Kier alpha value is -3.39. The molecule has 0 aromatic heterocycles. The second-order valence-electron chi connectivity index (χ2n) is 6.75. The van der Waals surface area contributed by atoms with Crippen LogP contribution in [0.3, 0.4) is 0 Å². The summed E-state index contributed by atoms with van der Waals surface area (Å²) in [5.41, 5.74) is 1.53. The van der Waals surface area contributed by atoms with E-state index < -0.39 is 36.1 Å². The van der Waals surface area contributed by atoms with E-state index in [0.29, 0.717) is 5.56 Å². The standard InChI is InChI=1S/C22H23NO7/c1-2-28-22(27)19-18(30-19)20(25)23-17(12-14-8-10-16(24)11-9-14)21(26)29-13-15-6-4-3-5-7-15/h3-11,17-19,24H,2,12-13H2,1H3,(H,23,25). The number of aromatic hydroxyl groups is 1. The van der Waals surface area contributed by atoms with E-state index in [1.54, 1.807) is 19.1 Å². The molecule has 8 heteroatoms. The predicted octanol–water partition coefficient (Wildman–Crippen LogP) is 1.49. The van der Waals surface area contributed by atoms with Crippen molar-refractivity contribution in [1.29, 1.82) is 0 Å². The summed E-state index contributed by atoms with van der Waals surface area (Å²) in [4.78, 5) is 36.8. The van der Waals surface area contributed by atoms with Crippen LogP contribution in [0.25, 0.3) is 0 Å². The van der Waals surface area contributed by atoms with Gasteiger partial charge in [0.05, 0.1) is 6.61 Å². The molecular weight excluding hydrogens is 390 g/mol. The first-order valence-electron chi connectivity index (χ1n) is 9.59. The van der Waals surface area contributed by atoms with Crippen LogP contribution in [-0.4, -0.2) is 47.8 Å². The molecule has 0 saturated carbocycles. The highest BCUT2D eigenvalue weighted by atomic mass is 16.6. The van der Waals surface area contributed by atoms with Gasteiger partial charge < -0.3 is 24.6 Å². The van der Waals surface area contributed by atoms with Crippen LogP contribution in [0.5, 0.6) is 5.75 Å². The zero-order valence-electron chi connectivity index (χ0n) is 16.4. The fourth-order valence-electron chi connectivity index (χ4n) is 2.86. The number of phenols is 1. The molecular formula is C22H23NO7. The van der Waals surface area contributed by atoms with Gasteiger partial charge in [0.25, 0.3) is 5.91 Å². The lowest BCUT2D eigenvalue weighted by Gasteiger charge is -2.17. The van der Waals surface area contributed by atoms with E-state index in [-0.39, 0.29) is 25.4 Å². The highest BCUT2D eigenvalue weighted by Gasteiger charge is 2.52. The van der Waals surface area contributed by atoms with Crippen LogP contribution in [-0.2, 0) is 41.6 Å². The Labute approximate surface area is 173 Å². The first-order chi connectivity index (χ1) is 14.5. The molecule has 8 nitrogen and oxygen atoms in total. The number of ether oxygens (including phenoxy) is 3. The van der Waals surface area contributed by atoms with E-state index in [1.165, 1.54) is 12.1 Å². The zero-order chi connectivity index (χ0) is 21.5. The van der Waals surface area contributed by atoms with Gasteiger partial charge in [-0.05, 0) is 30.2 Å². The van der Waals surface area contributed by atoms with Crippen LogP contribution in [0.1, 0.15) is 18.1 Å². The van der Waals surface area contributed by atoms with Crippen molar-refractivity contribution < 1.29 is 33.7 Å². The maximum Gasteiger partial charge on any atom is 0.338 e. The second kappa shape index (κ2) is 9.89. The molecule has 158 valence electrons. The smallest absolute Gasteiger partial charge is 0.338 e. The fraction of sp³-hybridized carbons (Fsp3) is 0.318. The molecule has 0 bridgehead atoms. The minimum absolute atomic E-state index is 0.0625. The molecule has 3 unspecified atom stereocenters. The van der Waals surface area contributed by atoms with E-state index in [0.717, 1.165) is 5.56 Å². The van der Waals surface area contributed by atoms with Crippen molar-refractivity contribution in [2.75, 3.05) is 6.61 Å². The summed E-state index contributed by atoms with van der Waals surface area (Å²) in [6.07, 6.45) is -1.80. The van der Waals surface area contributed by atoms with Gasteiger partial charge in [-0.25, -0.2) is 9.59 Å². The van der Waals surface area contributed by atoms with Crippen LogP contribution >= 0.6 is 0 Å². The minimum Gasteiger partial charge on any atom is -0.508 e. The van der Waals surface area contributed by atoms with Crippen LogP contribution in [0, 0.1) is 0 Å². The van der Waals surface area contributed by atoms with E-state index in [4.69, 9.17) is 14.2 Å². The van der Waals surface area contributed by atoms with Gasteiger partial charge in [0.15, 0.2) is 12.2 Å². The molecule has 0 radical (unpaired) electrons. The number of epoxide rings is 1. The van der Waals surface area contributed by atoms with Gasteiger partial charge >= 0.3 is 11.9 Å². The summed E-state index contributed by atoms with van der Waals surface area (Å²) in [5, 5.41) is 12.0. The van der Waals surface area contributed by atoms with E-state index in [1.807, 2.05) is 30.3 Å². The number of rotatable bonds is 9. The Morgan fingerprint density at radius 2 is 1.70 bits per heavy atom. The highest BCUT2D eigenvalue weighted by Crippen LogP contribution is 2.24. The number of carbonyl (C=O) groups is 3. The van der Waals surface area contributed by atoms with Crippen molar-refractivity contribution in [3.8, 4) is 5.75 Å². The van der Waals surface area contributed by atoms with E-state index in [2.05, 4.69) is 5.32 Å². The number of amides is 1. The normalized spacial score (nSPS) is 18.2. The number of hydrogen-bond acceptors (Lipinski definition) is 7. The molecule has 1 fully saturated rings. The van der Waals surface area contributed by atoms with Gasteiger partial charge in [0, 0.05) is 6.42 Å². The largest absolute Gasteiger partial charge is 0.508 e. The fourth-order valence-corrected chi connectivity index (χ4v) is 2.86. The molecule has 2 N–H and O–H groups in total. The lowest BCUT2D eigenvalue weighted by Crippen LogP contribution is -2.45. The van der Waals surface area contributed by atoms with E-state index in [9.17, 15) is 19.5 Å². The quantitative estimate of drug-likeness (QED) is 0.473. The number of esters is 2. The molecule has 1 aliphatic heterocycles. The number of carbonyl (C=O) groups excluding carboxylic acids is 3. The Balaban J connectivity index is 1.64. The maximum absolute atomic E-state index is 12.7. The minimum atomic E-state index is -0.992. The second-order valence-corrected chi connectivity index (χ2v) is 6.75. The average Bonchev–Trinajstić information content (AvgIpc) is 3.55. The van der Waals surface area contributed by atoms with Crippen LogP contribution < -0.4 is 5.32 Å². The monoisotopic (exact) mass is 413 g/mol. The first-order valence-corrected chi connectivity index (χ1v) is 9.59. The molecule has 3 rings (SSSR count). The summed E-state index contributed by atoms with van der Waals surface area (Å²) >= 11 is 0. The maximum atomic E-state index is 12.7.